The summed E-state index contributed by atoms with van der Waals surface area (Å²) in [7, 11) is 0. The Labute approximate surface area is 208 Å². The molecule has 0 aliphatic heterocycles. The molecule has 2 nitrogen and oxygen atoms in total. The third-order valence-corrected chi connectivity index (χ3v) is 6.02. The molecule has 1 atom stereocenters. The van der Waals surface area contributed by atoms with Crippen molar-refractivity contribution < 1.29 is 5.11 Å². The second-order valence-electron chi connectivity index (χ2n) is 8.27. The topological polar surface area (TPSA) is 32.6 Å². The van der Waals surface area contributed by atoms with Crippen LogP contribution in [0.3, 0.4) is 0 Å². The lowest BCUT2D eigenvalue weighted by Gasteiger charge is -2.31. The van der Waals surface area contributed by atoms with Crippen molar-refractivity contribution in [2.45, 2.75) is 12.0 Å². The Balaban J connectivity index is 1.90. The average Bonchev–Trinajstić information content (AvgIpc) is 2.93. The van der Waals surface area contributed by atoms with Crippen LogP contribution in [0.4, 0.5) is 5.69 Å². The number of nitrogens with zero attached hydrogens (tertiary/aromatic N) is 1. The van der Waals surface area contributed by atoms with Crippen molar-refractivity contribution in [1.82, 2.24) is 0 Å². The van der Waals surface area contributed by atoms with Crippen LogP contribution < -0.4 is 0 Å². The van der Waals surface area contributed by atoms with Gasteiger partial charge in [-0.1, -0.05) is 141 Å². The van der Waals surface area contributed by atoms with E-state index in [4.69, 9.17) is 4.99 Å². The highest BCUT2D eigenvalue weighted by Gasteiger charge is 2.34. The normalized spacial score (nSPS) is 13.6. The molecular formula is C33H29NO. The zero-order valence-corrected chi connectivity index (χ0v) is 19.7. The molecule has 1 unspecified atom stereocenters. The summed E-state index contributed by atoms with van der Waals surface area (Å²) in [5, 5.41) is 12.2. The van der Waals surface area contributed by atoms with Gasteiger partial charge in [-0.15, -0.1) is 0 Å². The van der Waals surface area contributed by atoms with E-state index < -0.39 is 5.60 Å². The molecule has 4 rings (SSSR count). The van der Waals surface area contributed by atoms with E-state index >= 15 is 0 Å². The molecule has 0 spiro atoms. The number of aliphatic hydroxyl groups is 1. The Morgan fingerprint density at radius 1 is 0.743 bits per heavy atom. The summed E-state index contributed by atoms with van der Waals surface area (Å²) < 4.78 is 0. The molecule has 0 heterocycles. The molecule has 0 radical (unpaired) electrons. The first-order valence-corrected chi connectivity index (χ1v) is 11.7. The molecule has 4 aromatic rings. The first kappa shape index (κ1) is 23.9. The van der Waals surface area contributed by atoms with Crippen LogP contribution in [0, 0.1) is 0 Å². The molecule has 0 aliphatic carbocycles. The monoisotopic (exact) mass is 455 g/mol. The maximum Gasteiger partial charge on any atom is 0.120 e. The van der Waals surface area contributed by atoms with Gasteiger partial charge in [0.2, 0.25) is 0 Å². The first-order valence-electron chi connectivity index (χ1n) is 11.7. The first-order chi connectivity index (χ1) is 17.2. The maximum absolute atomic E-state index is 12.2. The average molecular weight is 456 g/mol. The standard InChI is InChI=1S/C33H29NO/c1-3-16-28(4-2)33(35,29-21-12-7-13-22-29)25-32(27-19-10-6-11-20-27)34-31-24-15-14-23-30(31)26-17-8-5-9-18-26/h3-24,35H,1-2,25H2/b28-16+,34-32?. The molecule has 35 heavy (non-hydrogen) atoms. The lowest BCUT2D eigenvalue weighted by molar-refractivity contribution is 0.0884. The molecule has 0 aromatic heterocycles. The summed E-state index contributed by atoms with van der Waals surface area (Å²) in [5.41, 5.74) is 4.80. The summed E-state index contributed by atoms with van der Waals surface area (Å²) >= 11 is 0. The van der Waals surface area contributed by atoms with E-state index in [1.807, 2.05) is 97.1 Å². The van der Waals surface area contributed by atoms with E-state index in [0.29, 0.717) is 5.57 Å². The third-order valence-electron chi connectivity index (χ3n) is 6.02. The minimum absolute atomic E-state index is 0.260. The minimum atomic E-state index is -1.34. The van der Waals surface area contributed by atoms with E-state index in [0.717, 1.165) is 33.7 Å². The van der Waals surface area contributed by atoms with Crippen LogP contribution in [0.1, 0.15) is 17.5 Å². The van der Waals surface area contributed by atoms with Gasteiger partial charge in [0, 0.05) is 12.0 Å². The van der Waals surface area contributed by atoms with Gasteiger partial charge in [0.05, 0.1) is 11.4 Å². The van der Waals surface area contributed by atoms with Crippen molar-refractivity contribution in [2.75, 3.05) is 0 Å². The summed E-state index contributed by atoms with van der Waals surface area (Å²) in [6, 6.07) is 38.0. The zero-order chi connectivity index (χ0) is 24.5. The van der Waals surface area contributed by atoms with Crippen LogP contribution in [0.2, 0.25) is 0 Å². The van der Waals surface area contributed by atoms with E-state index in [-0.39, 0.29) is 6.42 Å². The van der Waals surface area contributed by atoms with E-state index in [1.165, 1.54) is 0 Å². The fourth-order valence-electron chi connectivity index (χ4n) is 4.24. The van der Waals surface area contributed by atoms with Crippen LogP contribution in [0.15, 0.2) is 157 Å². The molecule has 0 aliphatic rings. The molecule has 2 heteroatoms. The van der Waals surface area contributed by atoms with Crippen molar-refractivity contribution in [1.29, 1.82) is 0 Å². The van der Waals surface area contributed by atoms with Gasteiger partial charge >= 0.3 is 0 Å². The Bertz CT molecular complexity index is 1340. The number of aliphatic imine (C=N–C) groups is 1. The number of para-hydroxylation sites is 1. The summed E-state index contributed by atoms with van der Waals surface area (Å²) in [4.78, 5) is 5.16. The van der Waals surface area contributed by atoms with Gasteiger partial charge in [-0.2, -0.15) is 0 Å². The SMILES string of the molecule is C=C/C=C(\C=C)C(O)(CC(=Nc1ccccc1-c1ccccc1)c1ccccc1)c1ccccc1. The van der Waals surface area contributed by atoms with Crippen LogP contribution in [-0.4, -0.2) is 10.8 Å². The predicted octanol–water partition coefficient (Wildman–Crippen LogP) is 8.05. The van der Waals surface area contributed by atoms with Crippen LogP contribution >= 0.6 is 0 Å². The van der Waals surface area contributed by atoms with Gasteiger partial charge in [-0.05, 0) is 28.3 Å². The van der Waals surface area contributed by atoms with Gasteiger partial charge in [-0.25, -0.2) is 0 Å². The summed E-state index contributed by atoms with van der Waals surface area (Å²) in [6.07, 6.45) is 5.43. The zero-order valence-electron chi connectivity index (χ0n) is 19.7. The quantitative estimate of drug-likeness (QED) is 0.201. The lowest BCUT2D eigenvalue weighted by Crippen LogP contribution is -2.31. The molecule has 0 saturated carbocycles. The number of hydrogen-bond donors (Lipinski definition) is 1. The van der Waals surface area contributed by atoms with Gasteiger partial charge in [-0.3, -0.25) is 4.99 Å². The highest BCUT2D eigenvalue weighted by atomic mass is 16.3. The number of benzene rings is 4. The van der Waals surface area contributed by atoms with Crippen molar-refractivity contribution in [2.24, 2.45) is 4.99 Å². The molecule has 0 bridgehead atoms. The van der Waals surface area contributed by atoms with Gasteiger partial charge < -0.3 is 5.11 Å². The Hall–Kier alpha value is -4.27. The largest absolute Gasteiger partial charge is 0.380 e. The summed E-state index contributed by atoms with van der Waals surface area (Å²) in [5.74, 6) is 0. The molecule has 1 N–H and O–H groups in total. The van der Waals surface area contributed by atoms with Crippen LogP contribution in [0.25, 0.3) is 11.1 Å². The predicted molar refractivity (Wildman–Crippen MR) is 148 cm³/mol. The van der Waals surface area contributed by atoms with E-state index in [2.05, 4.69) is 31.4 Å². The van der Waals surface area contributed by atoms with Gasteiger partial charge in [0.25, 0.3) is 0 Å². The van der Waals surface area contributed by atoms with Crippen LogP contribution in [0.5, 0.6) is 0 Å². The third kappa shape index (κ3) is 5.46. The molecule has 0 amide bonds. The van der Waals surface area contributed by atoms with Gasteiger partial charge in [0.1, 0.15) is 5.60 Å². The van der Waals surface area contributed by atoms with Crippen LogP contribution in [-0.2, 0) is 5.60 Å². The fraction of sp³-hybridized carbons (Fsp3) is 0.0606. The molecule has 172 valence electrons. The lowest BCUT2D eigenvalue weighted by atomic mass is 9.80. The minimum Gasteiger partial charge on any atom is -0.380 e. The highest BCUT2D eigenvalue weighted by molar-refractivity contribution is 6.03. The summed E-state index contributed by atoms with van der Waals surface area (Å²) in [6.45, 7) is 7.81. The highest BCUT2D eigenvalue weighted by Crippen LogP contribution is 2.37. The molecular weight excluding hydrogens is 426 g/mol. The van der Waals surface area contributed by atoms with Gasteiger partial charge in [0.15, 0.2) is 0 Å². The van der Waals surface area contributed by atoms with Crippen molar-refractivity contribution in [3.63, 3.8) is 0 Å². The number of hydrogen-bond acceptors (Lipinski definition) is 2. The van der Waals surface area contributed by atoms with Crippen molar-refractivity contribution >= 4 is 11.4 Å². The fourth-order valence-corrected chi connectivity index (χ4v) is 4.24. The Kier molecular flexibility index (Phi) is 7.67. The van der Waals surface area contributed by atoms with E-state index in [9.17, 15) is 5.11 Å². The van der Waals surface area contributed by atoms with Crippen molar-refractivity contribution in [3.8, 4) is 11.1 Å². The maximum atomic E-state index is 12.2. The second kappa shape index (κ2) is 11.2. The van der Waals surface area contributed by atoms with E-state index in [1.54, 1.807) is 18.2 Å². The molecule has 0 fully saturated rings. The number of allylic oxidation sites excluding steroid dienone is 2. The number of rotatable bonds is 9. The molecule has 4 aromatic carbocycles. The Morgan fingerprint density at radius 3 is 1.94 bits per heavy atom. The molecule has 0 saturated heterocycles. The van der Waals surface area contributed by atoms with Crippen molar-refractivity contribution in [3.05, 3.63) is 163 Å². The Morgan fingerprint density at radius 2 is 1.31 bits per heavy atom. The smallest absolute Gasteiger partial charge is 0.120 e. The second-order valence-corrected chi connectivity index (χ2v) is 8.27.